The summed E-state index contributed by atoms with van der Waals surface area (Å²) in [5, 5.41) is 12.8. The van der Waals surface area contributed by atoms with Crippen molar-refractivity contribution >= 4 is 11.8 Å². The number of nitrogens with zero attached hydrogens (tertiary/aromatic N) is 2. The maximum absolute atomic E-state index is 12.3. The molecule has 3 rings (SSSR count). The number of H-pyrrole nitrogens is 1. The molecule has 0 radical (unpaired) electrons. The Labute approximate surface area is 146 Å². The largest absolute Gasteiger partial charge is 0.352 e. The van der Waals surface area contributed by atoms with Gasteiger partial charge < -0.3 is 10.6 Å². The highest BCUT2D eigenvalue weighted by Crippen LogP contribution is 2.21. The highest BCUT2D eigenvalue weighted by atomic mass is 16.2. The Bertz CT molecular complexity index is 726. The molecule has 2 amide bonds. The molecule has 132 valence electrons. The van der Waals surface area contributed by atoms with Crippen LogP contribution in [-0.2, 0) is 24.2 Å². The van der Waals surface area contributed by atoms with E-state index in [2.05, 4.69) is 25.8 Å². The molecular formula is C18H23N5O2. The Kier molecular flexibility index (Phi) is 5.77. The van der Waals surface area contributed by atoms with Gasteiger partial charge in [-0.3, -0.25) is 19.7 Å². The Hall–Kier alpha value is -2.70. The summed E-state index contributed by atoms with van der Waals surface area (Å²) in [6.07, 6.45) is 8.88. The molecule has 25 heavy (non-hydrogen) atoms. The van der Waals surface area contributed by atoms with E-state index < -0.39 is 0 Å². The first kappa shape index (κ1) is 17.1. The van der Waals surface area contributed by atoms with Gasteiger partial charge in [0, 0.05) is 43.2 Å². The molecule has 0 aliphatic heterocycles. The van der Waals surface area contributed by atoms with Crippen molar-refractivity contribution < 1.29 is 9.59 Å². The molecule has 2 heterocycles. The number of carbonyl (C=O) groups is 2. The van der Waals surface area contributed by atoms with Gasteiger partial charge in [0.15, 0.2) is 5.69 Å². The van der Waals surface area contributed by atoms with Gasteiger partial charge in [-0.2, -0.15) is 5.10 Å². The van der Waals surface area contributed by atoms with Crippen LogP contribution in [0.5, 0.6) is 0 Å². The molecule has 0 atom stereocenters. The Balaban J connectivity index is 1.43. The zero-order valence-electron chi connectivity index (χ0n) is 14.2. The smallest absolute Gasteiger partial charge is 0.272 e. The van der Waals surface area contributed by atoms with E-state index in [1.165, 1.54) is 6.42 Å². The van der Waals surface area contributed by atoms with Crippen LogP contribution in [-0.4, -0.2) is 33.5 Å². The lowest BCUT2D eigenvalue weighted by Crippen LogP contribution is -2.31. The number of hydrogen-bond donors (Lipinski definition) is 3. The van der Waals surface area contributed by atoms with Crippen molar-refractivity contribution in [3.63, 3.8) is 0 Å². The Morgan fingerprint density at radius 1 is 1.16 bits per heavy atom. The Morgan fingerprint density at radius 2 is 2.04 bits per heavy atom. The van der Waals surface area contributed by atoms with Crippen LogP contribution in [0, 0.1) is 0 Å². The number of amides is 2. The van der Waals surface area contributed by atoms with E-state index in [-0.39, 0.29) is 18.2 Å². The minimum atomic E-state index is -0.209. The molecule has 3 N–H and O–H groups in total. The maximum atomic E-state index is 12.3. The van der Waals surface area contributed by atoms with Crippen LogP contribution in [0.25, 0.3) is 0 Å². The van der Waals surface area contributed by atoms with Gasteiger partial charge in [0.1, 0.15) is 0 Å². The second kappa shape index (κ2) is 8.41. The van der Waals surface area contributed by atoms with Gasteiger partial charge in [-0.05, 0) is 37.3 Å². The van der Waals surface area contributed by atoms with E-state index in [1.807, 2.05) is 12.1 Å². The number of hydrogen-bond acceptors (Lipinski definition) is 4. The van der Waals surface area contributed by atoms with E-state index in [1.54, 1.807) is 12.4 Å². The first-order valence-corrected chi connectivity index (χ1v) is 8.74. The number of aryl methyl sites for hydroxylation is 1. The van der Waals surface area contributed by atoms with E-state index in [9.17, 15) is 9.59 Å². The van der Waals surface area contributed by atoms with Gasteiger partial charge >= 0.3 is 0 Å². The zero-order chi connectivity index (χ0) is 17.5. The quantitative estimate of drug-likeness (QED) is 0.693. The SMILES string of the molecule is O=C(CCNC(=O)c1n[nH]c2c1CCCCC2)NCc1cccnc1. The summed E-state index contributed by atoms with van der Waals surface area (Å²) >= 11 is 0. The molecule has 0 aromatic carbocycles. The van der Waals surface area contributed by atoms with Crippen molar-refractivity contribution in [1.29, 1.82) is 0 Å². The number of aromatic nitrogens is 3. The van der Waals surface area contributed by atoms with Gasteiger partial charge in [-0.1, -0.05) is 12.5 Å². The van der Waals surface area contributed by atoms with E-state index in [0.717, 1.165) is 42.5 Å². The predicted molar refractivity (Wildman–Crippen MR) is 92.9 cm³/mol. The summed E-state index contributed by atoms with van der Waals surface area (Å²) in [7, 11) is 0. The molecule has 1 aliphatic rings. The molecule has 1 aliphatic carbocycles. The van der Waals surface area contributed by atoms with Crippen LogP contribution in [0.1, 0.15) is 53.0 Å². The topological polar surface area (TPSA) is 99.8 Å². The van der Waals surface area contributed by atoms with E-state index >= 15 is 0 Å². The molecule has 0 bridgehead atoms. The van der Waals surface area contributed by atoms with Crippen molar-refractivity contribution in [3.05, 3.63) is 47.0 Å². The molecular weight excluding hydrogens is 318 g/mol. The lowest BCUT2D eigenvalue weighted by atomic mass is 10.1. The van der Waals surface area contributed by atoms with Gasteiger partial charge in [-0.25, -0.2) is 0 Å². The van der Waals surface area contributed by atoms with Gasteiger partial charge in [-0.15, -0.1) is 0 Å². The minimum Gasteiger partial charge on any atom is -0.352 e. The number of pyridine rings is 1. The van der Waals surface area contributed by atoms with E-state index in [4.69, 9.17) is 0 Å². The lowest BCUT2D eigenvalue weighted by Gasteiger charge is -2.07. The molecule has 0 unspecified atom stereocenters. The number of aromatic amines is 1. The van der Waals surface area contributed by atoms with Crippen molar-refractivity contribution in [2.45, 2.75) is 45.1 Å². The number of fused-ring (bicyclic) bond motifs is 1. The van der Waals surface area contributed by atoms with Gasteiger partial charge in [0.25, 0.3) is 5.91 Å². The highest BCUT2D eigenvalue weighted by Gasteiger charge is 2.20. The summed E-state index contributed by atoms with van der Waals surface area (Å²) < 4.78 is 0. The van der Waals surface area contributed by atoms with Gasteiger partial charge in [0.2, 0.25) is 5.91 Å². The summed E-state index contributed by atoms with van der Waals surface area (Å²) in [5.74, 6) is -0.315. The minimum absolute atomic E-state index is 0.106. The number of nitrogens with one attached hydrogen (secondary N) is 3. The first-order chi connectivity index (χ1) is 12.2. The molecule has 2 aromatic heterocycles. The highest BCUT2D eigenvalue weighted by molar-refractivity contribution is 5.94. The van der Waals surface area contributed by atoms with Crippen LogP contribution in [0.4, 0.5) is 0 Å². The summed E-state index contributed by atoms with van der Waals surface area (Å²) in [5.41, 5.74) is 3.54. The lowest BCUT2D eigenvalue weighted by molar-refractivity contribution is -0.121. The molecule has 7 nitrogen and oxygen atoms in total. The Morgan fingerprint density at radius 3 is 2.88 bits per heavy atom. The average Bonchev–Trinajstić information content (AvgIpc) is 2.89. The zero-order valence-corrected chi connectivity index (χ0v) is 14.2. The third kappa shape index (κ3) is 4.65. The monoisotopic (exact) mass is 341 g/mol. The maximum Gasteiger partial charge on any atom is 0.272 e. The fraction of sp³-hybridized carbons (Fsp3) is 0.444. The summed E-state index contributed by atoms with van der Waals surface area (Å²) in [4.78, 5) is 28.2. The van der Waals surface area contributed by atoms with Crippen molar-refractivity contribution in [1.82, 2.24) is 25.8 Å². The van der Waals surface area contributed by atoms with Crippen LogP contribution >= 0.6 is 0 Å². The molecule has 0 fully saturated rings. The fourth-order valence-corrected chi connectivity index (χ4v) is 3.01. The predicted octanol–water partition coefficient (Wildman–Crippen LogP) is 1.51. The van der Waals surface area contributed by atoms with Crippen LogP contribution in [0.15, 0.2) is 24.5 Å². The van der Waals surface area contributed by atoms with Crippen molar-refractivity contribution in [2.24, 2.45) is 0 Å². The normalized spacial score (nSPS) is 13.6. The number of rotatable bonds is 6. The number of carbonyl (C=O) groups excluding carboxylic acids is 2. The van der Waals surface area contributed by atoms with Gasteiger partial charge in [0.05, 0.1) is 0 Å². The molecule has 0 spiro atoms. The van der Waals surface area contributed by atoms with Crippen molar-refractivity contribution in [3.8, 4) is 0 Å². The second-order valence-corrected chi connectivity index (χ2v) is 6.23. The second-order valence-electron chi connectivity index (χ2n) is 6.23. The molecule has 0 saturated carbocycles. The third-order valence-electron chi connectivity index (χ3n) is 4.37. The summed E-state index contributed by atoms with van der Waals surface area (Å²) in [6, 6.07) is 3.73. The van der Waals surface area contributed by atoms with E-state index in [0.29, 0.717) is 18.8 Å². The van der Waals surface area contributed by atoms with Crippen molar-refractivity contribution in [2.75, 3.05) is 6.54 Å². The van der Waals surface area contributed by atoms with Crippen LogP contribution < -0.4 is 10.6 Å². The average molecular weight is 341 g/mol. The first-order valence-electron chi connectivity index (χ1n) is 8.74. The third-order valence-corrected chi connectivity index (χ3v) is 4.37. The fourth-order valence-electron chi connectivity index (χ4n) is 3.01. The molecule has 7 heteroatoms. The van der Waals surface area contributed by atoms with Crippen LogP contribution in [0.3, 0.4) is 0 Å². The summed E-state index contributed by atoms with van der Waals surface area (Å²) in [6.45, 7) is 0.729. The molecule has 0 saturated heterocycles. The standard InChI is InChI=1S/C18H23N5O2/c24-16(21-12-13-5-4-9-19-11-13)8-10-20-18(25)17-14-6-2-1-3-7-15(14)22-23-17/h4-5,9,11H,1-3,6-8,10,12H2,(H,20,25)(H,21,24)(H,22,23). The molecule has 2 aromatic rings. The van der Waals surface area contributed by atoms with Crippen LogP contribution in [0.2, 0.25) is 0 Å².